The van der Waals surface area contributed by atoms with Crippen LogP contribution in [0.1, 0.15) is 11.1 Å². The van der Waals surface area contributed by atoms with Crippen LogP contribution in [-0.2, 0) is 19.4 Å². The van der Waals surface area contributed by atoms with Gasteiger partial charge < -0.3 is 4.74 Å². The predicted octanol–water partition coefficient (Wildman–Crippen LogP) is 3.19. The van der Waals surface area contributed by atoms with Crippen LogP contribution in [0.25, 0.3) is 10.2 Å². The number of nitrogens with zero attached hydrogens (tertiary/aromatic N) is 3. The number of carbonyl (C=O) groups is 1. The van der Waals surface area contributed by atoms with Crippen molar-refractivity contribution in [3.63, 3.8) is 0 Å². The van der Waals surface area contributed by atoms with Gasteiger partial charge >= 0.3 is 0 Å². The van der Waals surface area contributed by atoms with Gasteiger partial charge in [0.05, 0.1) is 28.3 Å². The molecule has 0 unspecified atom stereocenters. The molecule has 0 aliphatic carbocycles. The highest BCUT2D eigenvalue weighted by Crippen LogP contribution is 2.32. The Hall–Kier alpha value is -2.40. The highest BCUT2D eigenvalue weighted by Gasteiger charge is 2.27. The van der Waals surface area contributed by atoms with Gasteiger partial charge in [-0.15, -0.1) is 0 Å². The zero-order valence-corrected chi connectivity index (χ0v) is 20.2. The fraction of sp³-hybridized carbons (Fsp3) is 0.391. The van der Waals surface area contributed by atoms with E-state index in [1.165, 1.54) is 28.4 Å². The summed E-state index contributed by atoms with van der Waals surface area (Å²) in [5, 5.41) is 0.478. The van der Waals surface area contributed by atoms with E-state index in [4.69, 9.17) is 4.74 Å². The summed E-state index contributed by atoms with van der Waals surface area (Å²) in [6.07, 6.45) is 0. The first-order valence-electron chi connectivity index (χ1n) is 10.7. The Labute approximate surface area is 196 Å². The molecule has 7 nitrogen and oxygen atoms in total. The first-order valence-corrected chi connectivity index (χ1v) is 13.2. The minimum Gasteiger partial charge on any atom is -0.379 e. The summed E-state index contributed by atoms with van der Waals surface area (Å²) in [6.45, 7) is 7.66. The van der Waals surface area contributed by atoms with Crippen molar-refractivity contribution in [2.24, 2.45) is 0 Å². The highest BCUT2D eigenvalue weighted by molar-refractivity contribution is 7.92. The predicted molar refractivity (Wildman–Crippen MR) is 127 cm³/mol. The third-order valence-electron chi connectivity index (χ3n) is 5.57. The van der Waals surface area contributed by atoms with Crippen molar-refractivity contribution in [2.75, 3.05) is 50.0 Å². The summed E-state index contributed by atoms with van der Waals surface area (Å²) >= 11 is 1.39. The molecule has 10 heteroatoms. The Morgan fingerprint density at radius 3 is 2.58 bits per heavy atom. The average Bonchev–Trinajstić information content (AvgIpc) is 3.18. The largest absolute Gasteiger partial charge is 0.379 e. The lowest BCUT2D eigenvalue weighted by atomic mass is 10.1. The molecule has 1 aliphatic rings. The number of thiazole rings is 1. The molecule has 1 saturated heterocycles. The van der Waals surface area contributed by atoms with Gasteiger partial charge in [-0.25, -0.2) is 17.8 Å². The van der Waals surface area contributed by atoms with Gasteiger partial charge in [-0.1, -0.05) is 17.4 Å². The summed E-state index contributed by atoms with van der Waals surface area (Å²) in [4.78, 5) is 21.5. The number of benzene rings is 2. The fourth-order valence-electron chi connectivity index (χ4n) is 3.84. The number of rotatable bonds is 7. The molecule has 0 atom stereocenters. The van der Waals surface area contributed by atoms with Gasteiger partial charge in [0, 0.05) is 26.2 Å². The third kappa shape index (κ3) is 5.57. The maximum absolute atomic E-state index is 13.3. The number of aryl methyl sites for hydroxylation is 2. The lowest BCUT2D eigenvalue weighted by Crippen LogP contribution is -2.44. The van der Waals surface area contributed by atoms with Gasteiger partial charge in [0.1, 0.15) is 11.6 Å². The van der Waals surface area contributed by atoms with E-state index >= 15 is 0 Å². The Kier molecular flexibility index (Phi) is 7.08. The van der Waals surface area contributed by atoms with Crippen molar-refractivity contribution in [1.29, 1.82) is 0 Å². The third-order valence-corrected chi connectivity index (χ3v) is 8.42. The molecule has 1 aromatic heterocycles. The second kappa shape index (κ2) is 9.84. The first-order chi connectivity index (χ1) is 15.7. The molecule has 1 amide bonds. The van der Waals surface area contributed by atoms with E-state index in [1.54, 1.807) is 0 Å². The lowest BCUT2D eigenvalue weighted by molar-refractivity contribution is -0.116. The number of hydrogen-bond acceptors (Lipinski definition) is 7. The van der Waals surface area contributed by atoms with Crippen molar-refractivity contribution >= 4 is 42.4 Å². The maximum Gasteiger partial charge on any atom is 0.244 e. The van der Waals surface area contributed by atoms with E-state index in [2.05, 4.69) is 16.0 Å². The summed E-state index contributed by atoms with van der Waals surface area (Å²) in [7, 11) is -3.93. The Bertz CT molecular complexity index is 1250. The molecule has 33 heavy (non-hydrogen) atoms. The van der Waals surface area contributed by atoms with E-state index in [1.807, 2.05) is 19.9 Å². The Balaban J connectivity index is 1.62. The number of amides is 1. The molecule has 2 aromatic carbocycles. The smallest absolute Gasteiger partial charge is 0.244 e. The zero-order valence-electron chi connectivity index (χ0n) is 18.6. The second-order valence-corrected chi connectivity index (χ2v) is 11.1. The van der Waals surface area contributed by atoms with Crippen LogP contribution in [0.15, 0.2) is 41.3 Å². The number of aromatic nitrogens is 1. The van der Waals surface area contributed by atoms with E-state index < -0.39 is 27.3 Å². The van der Waals surface area contributed by atoms with Crippen molar-refractivity contribution in [3.8, 4) is 0 Å². The molecule has 0 N–H and O–H groups in total. The number of carbonyl (C=O) groups excluding carboxylic acids is 1. The molecule has 0 bridgehead atoms. The van der Waals surface area contributed by atoms with E-state index in [9.17, 15) is 17.6 Å². The monoisotopic (exact) mass is 491 g/mol. The van der Waals surface area contributed by atoms with Crippen LogP contribution in [0.2, 0.25) is 0 Å². The van der Waals surface area contributed by atoms with Gasteiger partial charge in [-0.05, 0) is 55.3 Å². The van der Waals surface area contributed by atoms with Crippen LogP contribution in [0.3, 0.4) is 0 Å². The van der Waals surface area contributed by atoms with Crippen molar-refractivity contribution < 1.29 is 22.3 Å². The Morgan fingerprint density at radius 2 is 1.88 bits per heavy atom. The van der Waals surface area contributed by atoms with Gasteiger partial charge in [-0.2, -0.15) is 0 Å². The number of halogens is 1. The number of fused-ring (bicyclic) bond motifs is 1. The maximum atomic E-state index is 13.3. The second-order valence-electron chi connectivity index (χ2n) is 8.14. The lowest BCUT2D eigenvalue weighted by Gasteiger charge is -2.29. The summed E-state index contributed by atoms with van der Waals surface area (Å²) in [5.41, 5.74) is 2.92. The molecule has 4 rings (SSSR count). The van der Waals surface area contributed by atoms with Crippen LogP contribution in [0.5, 0.6) is 0 Å². The molecular weight excluding hydrogens is 465 g/mol. The summed E-state index contributed by atoms with van der Waals surface area (Å²) in [6, 6.07) is 8.53. The minimum absolute atomic E-state index is 0.0823. The topological polar surface area (TPSA) is 79.8 Å². The van der Waals surface area contributed by atoms with Crippen molar-refractivity contribution in [3.05, 3.63) is 53.3 Å². The number of sulfone groups is 1. The van der Waals surface area contributed by atoms with Crippen molar-refractivity contribution in [1.82, 2.24) is 9.88 Å². The van der Waals surface area contributed by atoms with Gasteiger partial charge in [0.2, 0.25) is 5.91 Å². The van der Waals surface area contributed by atoms with Crippen molar-refractivity contribution in [2.45, 2.75) is 18.7 Å². The normalized spacial score (nSPS) is 15.1. The van der Waals surface area contributed by atoms with Crippen LogP contribution >= 0.6 is 11.3 Å². The van der Waals surface area contributed by atoms with E-state index in [-0.39, 0.29) is 4.90 Å². The SMILES string of the molecule is Cc1cc(C)c2sc(N(CCN3CCOCC3)C(=O)CS(=O)(=O)c3ccc(F)cc3)nc2c1. The van der Waals surface area contributed by atoms with Crippen LogP contribution in [-0.4, -0.2) is 69.4 Å². The average molecular weight is 492 g/mol. The molecule has 0 spiro atoms. The van der Waals surface area contributed by atoms with Gasteiger partial charge in [-0.3, -0.25) is 14.6 Å². The van der Waals surface area contributed by atoms with Crippen LogP contribution in [0, 0.1) is 19.7 Å². The molecular formula is C23H26FN3O4S2. The number of morpholine rings is 1. The zero-order chi connectivity index (χ0) is 23.6. The molecule has 1 fully saturated rings. The molecule has 1 aliphatic heterocycles. The Morgan fingerprint density at radius 1 is 1.18 bits per heavy atom. The molecule has 3 aromatic rings. The number of anilines is 1. The highest BCUT2D eigenvalue weighted by atomic mass is 32.2. The molecule has 0 saturated carbocycles. The van der Waals surface area contributed by atoms with Crippen LogP contribution in [0.4, 0.5) is 9.52 Å². The first kappa shape index (κ1) is 23.7. The number of ether oxygens (including phenoxy) is 1. The van der Waals surface area contributed by atoms with Gasteiger partial charge in [0.15, 0.2) is 15.0 Å². The van der Waals surface area contributed by atoms with Gasteiger partial charge in [0.25, 0.3) is 0 Å². The summed E-state index contributed by atoms with van der Waals surface area (Å²) in [5.74, 6) is -1.80. The molecule has 176 valence electrons. The standard InChI is InChI=1S/C23H26FN3O4S2/c1-16-13-17(2)22-20(14-16)25-23(32-22)27(8-7-26-9-11-31-12-10-26)21(28)15-33(29,30)19-5-3-18(24)4-6-19/h3-6,13-14H,7-12,15H2,1-2H3. The van der Waals surface area contributed by atoms with E-state index in [0.717, 1.165) is 46.6 Å². The summed E-state index contributed by atoms with van der Waals surface area (Å²) < 4.78 is 45.3. The minimum atomic E-state index is -3.93. The van der Waals surface area contributed by atoms with Crippen LogP contribution < -0.4 is 4.90 Å². The fourth-order valence-corrected chi connectivity index (χ4v) is 6.10. The van der Waals surface area contributed by atoms with E-state index in [0.29, 0.717) is 31.4 Å². The molecule has 2 heterocycles. The quantitative estimate of drug-likeness (QED) is 0.473. The number of hydrogen-bond donors (Lipinski definition) is 0. The molecule has 0 radical (unpaired) electrons.